The summed E-state index contributed by atoms with van der Waals surface area (Å²) >= 11 is 5.78. The van der Waals surface area contributed by atoms with Crippen LogP contribution in [0, 0.1) is 17.1 Å². The van der Waals surface area contributed by atoms with Gasteiger partial charge in [0.15, 0.2) is 0 Å². The molecule has 0 aromatic heterocycles. The zero-order valence-electron chi connectivity index (χ0n) is 7.01. The van der Waals surface area contributed by atoms with Gasteiger partial charge in [-0.15, -0.1) is 0 Å². The van der Waals surface area contributed by atoms with Crippen LogP contribution in [-0.2, 0) is 0 Å². The second-order valence-electron chi connectivity index (χ2n) is 2.75. The van der Waals surface area contributed by atoms with Crippen LogP contribution in [0.25, 0.3) is 0 Å². The van der Waals surface area contributed by atoms with Crippen molar-refractivity contribution in [2.75, 3.05) is 5.73 Å². The maximum Gasteiger partial charge on any atom is 0.146 e. The van der Waals surface area contributed by atoms with E-state index in [2.05, 4.69) is 0 Å². The predicted molar refractivity (Wildman–Crippen MR) is 49.9 cm³/mol. The number of benzene rings is 1. The number of nitrogens with zero attached hydrogens (tertiary/aromatic N) is 1. The number of hydrogen-bond acceptors (Lipinski definition) is 2. The largest absolute Gasteiger partial charge is 0.396 e. The molecule has 1 atom stereocenters. The number of nitriles is 1. The Balaban J connectivity index is 3.25. The van der Waals surface area contributed by atoms with Crippen molar-refractivity contribution in [2.24, 2.45) is 0 Å². The highest BCUT2D eigenvalue weighted by molar-refractivity contribution is 6.31. The molecule has 0 bridgehead atoms. The van der Waals surface area contributed by atoms with Crippen molar-refractivity contribution in [3.05, 3.63) is 28.5 Å². The molecule has 0 aliphatic rings. The third-order valence-electron chi connectivity index (χ3n) is 1.78. The third kappa shape index (κ3) is 1.90. The second kappa shape index (κ2) is 3.63. The summed E-state index contributed by atoms with van der Waals surface area (Å²) < 4.78 is 13.0. The van der Waals surface area contributed by atoms with E-state index in [4.69, 9.17) is 22.6 Å². The highest BCUT2D eigenvalue weighted by Gasteiger charge is 2.11. The maximum absolute atomic E-state index is 13.0. The molecule has 1 rings (SSSR count). The van der Waals surface area contributed by atoms with Crippen molar-refractivity contribution in [3.8, 4) is 6.07 Å². The summed E-state index contributed by atoms with van der Waals surface area (Å²) in [7, 11) is 0. The molecule has 0 saturated heterocycles. The molecule has 0 spiro atoms. The minimum Gasteiger partial charge on any atom is -0.396 e. The Kier molecular flexibility index (Phi) is 2.74. The molecular weight excluding hydrogens is 191 g/mol. The van der Waals surface area contributed by atoms with E-state index >= 15 is 0 Å². The Morgan fingerprint density at radius 3 is 2.77 bits per heavy atom. The quantitative estimate of drug-likeness (QED) is 0.706. The van der Waals surface area contributed by atoms with Crippen LogP contribution < -0.4 is 5.73 Å². The van der Waals surface area contributed by atoms with Crippen molar-refractivity contribution in [3.63, 3.8) is 0 Å². The third-order valence-corrected chi connectivity index (χ3v) is 2.10. The molecule has 2 nitrogen and oxygen atoms in total. The van der Waals surface area contributed by atoms with E-state index in [1.807, 2.05) is 6.07 Å². The fraction of sp³-hybridized carbons (Fsp3) is 0.222. The van der Waals surface area contributed by atoms with Gasteiger partial charge in [0.05, 0.1) is 17.7 Å². The molecule has 4 heteroatoms. The van der Waals surface area contributed by atoms with Crippen molar-refractivity contribution in [1.82, 2.24) is 0 Å². The number of nitrogens with two attached hydrogens (primary N) is 1. The van der Waals surface area contributed by atoms with Crippen LogP contribution in [0.3, 0.4) is 0 Å². The van der Waals surface area contributed by atoms with Gasteiger partial charge in [-0.1, -0.05) is 11.6 Å². The molecule has 0 radical (unpaired) electrons. The molecule has 0 fully saturated rings. The predicted octanol–water partition coefficient (Wildman–Crippen LogP) is 2.69. The van der Waals surface area contributed by atoms with Gasteiger partial charge in [0.1, 0.15) is 5.82 Å². The average molecular weight is 199 g/mol. The van der Waals surface area contributed by atoms with Gasteiger partial charge in [-0.2, -0.15) is 5.26 Å². The zero-order chi connectivity index (χ0) is 10.0. The van der Waals surface area contributed by atoms with E-state index in [9.17, 15) is 4.39 Å². The number of hydrogen-bond donors (Lipinski definition) is 1. The Labute approximate surface area is 80.7 Å². The van der Waals surface area contributed by atoms with Gasteiger partial charge in [-0.3, -0.25) is 0 Å². The molecule has 0 amide bonds. The van der Waals surface area contributed by atoms with E-state index in [1.165, 1.54) is 12.1 Å². The second-order valence-corrected chi connectivity index (χ2v) is 3.15. The molecule has 1 unspecified atom stereocenters. The minimum absolute atomic E-state index is 0.00103. The van der Waals surface area contributed by atoms with E-state index in [-0.39, 0.29) is 5.69 Å². The smallest absolute Gasteiger partial charge is 0.146 e. The summed E-state index contributed by atoms with van der Waals surface area (Å²) in [6.07, 6.45) is 0. The molecule has 68 valence electrons. The number of rotatable bonds is 1. The van der Waals surface area contributed by atoms with Crippen LogP contribution in [-0.4, -0.2) is 0 Å². The first-order valence-electron chi connectivity index (χ1n) is 3.70. The molecular formula is C9H8ClFN2. The summed E-state index contributed by atoms with van der Waals surface area (Å²) in [5.41, 5.74) is 5.76. The lowest BCUT2D eigenvalue weighted by atomic mass is 10.0. The molecule has 2 N–H and O–H groups in total. The van der Waals surface area contributed by atoms with Gasteiger partial charge >= 0.3 is 0 Å². The Hall–Kier alpha value is -1.27. The summed E-state index contributed by atoms with van der Waals surface area (Å²) in [4.78, 5) is 0. The summed E-state index contributed by atoms with van der Waals surface area (Å²) in [5, 5.41) is 8.94. The van der Waals surface area contributed by atoms with Gasteiger partial charge in [0.25, 0.3) is 0 Å². The van der Waals surface area contributed by atoms with E-state index < -0.39 is 11.7 Å². The van der Waals surface area contributed by atoms with E-state index in [1.54, 1.807) is 6.92 Å². The van der Waals surface area contributed by atoms with Gasteiger partial charge in [-0.25, -0.2) is 4.39 Å². The maximum atomic E-state index is 13.0. The topological polar surface area (TPSA) is 49.8 Å². The van der Waals surface area contributed by atoms with Gasteiger partial charge in [0, 0.05) is 5.02 Å². The lowest BCUT2D eigenvalue weighted by Gasteiger charge is -2.07. The first-order valence-corrected chi connectivity index (χ1v) is 4.08. The monoisotopic (exact) mass is 198 g/mol. The lowest BCUT2D eigenvalue weighted by molar-refractivity contribution is 0.629. The van der Waals surface area contributed by atoms with Crippen LogP contribution in [0.1, 0.15) is 18.4 Å². The van der Waals surface area contributed by atoms with Gasteiger partial charge < -0.3 is 5.73 Å². The van der Waals surface area contributed by atoms with Crippen LogP contribution in [0.15, 0.2) is 12.1 Å². The Bertz CT molecular complexity index is 371. The fourth-order valence-electron chi connectivity index (χ4n) is 0.979. The molecule has 0 saturated carbocycles. The van der Waals surface area contributed by atoms with Crippen molar-refractivity contribution in [2.45, 2.75) is 12.8 Å². The van der Waals surface area contributed by atoms with Gasteiger partial charge in [0.2, 0.25) is 0 Å². The SMILES string of the molecule is CC(C#N)c1cc(F)c(N)cc1Cl. The summed E-state index contributed by atoms with van der Waals surface area (Å²) in [6.45, 7) is 1.65. The van der Waals surface area contributed by atoms with Gasteiger partial charge in [-0.05, 0) is 24.6 Å². The summed E-state index contributed by atoms with van der Waals surface area (Å²) in [6, 6.07) is 4.50. The van der Waals surface area contributed by atoms with Crippen LogP contribution in [0.4, 0.5) is 10.1 Å². The average Bonchev–Trinajstić information content (AvgIpc) is 2.10. The molecule has 0 aliphatic heterocycles. The van der Waals surface area contributed by atoms with Crippen molar-refractivity contribution >= 4 is 17.3 Å². The molecule has 13 heavy (non-hydrogen) atoms. The van der Waals surface area contributed by atoms with E-state index in [0.29, 0.717) is 10.6 Å². The highest BCUT2D eigenvalue weighted by Crippen LogP contribution is 2.27. The summed E-state index contributed by atoms with van der Waals surface area (Å²) in [5.74, 6) is -0.968. The molecule has 1 aromatic carbocycles. The lowest BCUT2D eigenvalue weighted by Crippen LogP contribution is -1.96. The zero-order valence-corrected chi connectivity index (χ0v) is 7.77. The first-order chi connectivity index (χ1) is 6.06. The standard InChI is InChI=1S/C9H8ClFN2/c1-5(4-12)6-2-8(11)9(13)3-7(6)10/h2-3,5H,13H2,1H3. The Morgan fingerprint density at radius 2 is 2.23 bits per heavy atom. The normalized spacial score (nSPS) is 12.2. The fourth-order valence-corrected chi connectivity index (χ4v) is 1.31. The molecule has 1 aromatic rings. The van der Waals surface area contributed by atoms with Crippen LogP contribution in [0.5, 0.6) is 0 Å². The Morgan fingerprint density at radius 1 is 1.62 bits per heavy atom. The van der Waals surface area contributed by atoms with Crippen LogP contribution in [0.2, 0.25) is 5.02 Å². The van der Waals surface area contributed by atoms with E-state index in [0.717, 1.165) is 0 Å². The molecule has 0 heterocycles. The highest BCUT2D eigenvalue weighted by atomic mass is 35.5. The number of halogens is 2. The van der Waals surface area contributed by atoms with Crippen molar-refractivity contribution in [1.29, 1.82) is 5.26 Å². The van der Waals surface area contributed by atoms with Crippen LogP contribution >= 0.6 is 11.6 Å². The minimum atomic E-state index is -0.540. The number of anilines is 1. The van der Waals surface area contributed by atoms with Crippen molar-refractivity contribution < 1.29 is 4.39 Å². The molecule has 0 aliphatic carbocycles. The first kappa shape index (κ1) is 9.82. The number of nitrogen functional groups attached to an aromatic ring is 1.